The molecule has 0 unspecified atom stereocenters. The molecule has 0 spiro atoms. The highest BCUT2D eigenvalue weighted by molar-refractivity contribution is 5.95. The lowest BCUT2D eigenvalue weighted by Gasteiger charge is -2.02. The fraction of sp³-hybridized carbons (Fsp3) is 0.0833. The number of rotatable bonds is 1. The van der Waals surface area contributed by atoms with Crippen molar-refractivity contribution in [1.82, 2.24) is 0 Å². The average molecular weight is 199 g/mol. The van der Waals surface area contributed by atoms with Crippen LogP contribution in [-0.4, -0.2) is 13.1 Å². The smallest absolute Gasteiger partial charge is 0.233 e. The largest absolute Gasteiger partial charge is 0.454 e. The standard InChI is InChI=1S/C12H7O3/c13-6-8-1-2-9-3-4-11-12(10(9)5-8)15-7-14-11/h1-5H,7H2. The van der Waals surface area contributed by atoms with Crippen molar-refractivity contribution in [3.05, 3.63) is 35.9 Å². The topological polar surface area (TPSA) is 35.5 Å². The Morgan fingerprint density at radius 1 is 1.13 bits per heavy atom. The van der Waals surface area contributed by atoms with Crippen molar-refractivity contribution >= 4 is 17.1 Å². The summed E-state index contributed by atoms with van der Waals surface area (Å²) in [7, 11) is 0. The first-order chi connectivity index (χ1) is 7.38. The molecule has 0 amide bonds. The molecular formula is C12H7O3. The SMILES string of the molecule is O=[C]c1ccc2ccc3c(c2c1)OCO3. The summed E-state index contributed by atoms with van der Waals surface area (Å²) in [6.07, 6.45) is 1.86. The van der Waals surface area contributed by atoms with Crippen LogP contribution in [0.4, 0.5) is 0 Å². The molecule has 2 aromatic carbocycles. The van der Waals surface area contributed by atoms with Crippen LogP contribution in [0.5, 0.6) is 11.5 Å². The van der Waals surface area contributed by atoms with E-state index in [1.165, 1.54) is 0 Å². The number of ether oxygens (including phenoxy) is 2. The van der Waals surface area contributed by atoms with Gasteiger partial charge in [-0.05, 0) is 17.5 Å². The Morgan fingerprint density at radius 3 is 2.87 bits per heavy atom. The van der Waals surface area contributed by atoms with Crippen LogP contribution in [0.25, 0.3) is 10.8 Å². The van der Waals surface area contributed by atoms with Crippen molar-refractivity contribution in [2.24, 2.45) is 0 Å². The normalized spacial score (nSPS) is 13.1. The van der Waals surface area contributed by atoms with E-state index in [1.807, 2.05) is 24.5 Å². The quantitative estimate of drug-likeness (QED) is 0.704. The maximum Gasteiger partial charge on any atom is 0.233 e. The second kappa shape index (κ2) is 2.98. The predicted octanol–water partition coefficient (Wildman–Crippen LogP) is 2.03. The molecule has 0 saturated heterocycles. The van der Waals surface area contributed by atoms with Crippen LogP contribution in [0.1, 0.15) is 5.56 Å². The van der Waals surface area contributed by atoms with Crippen LogP contribution in [0.3, 0.4) is 0 Å². The van der Waals surface area contributed by atoms with Crippen LogP contribution in [0, 0.1) is 0 Å². The van der Waals surface area contributed by atoms with Gasteiger partial charge in [0.15, 0.2) is 11.5 Å². The van der Waals surface area contributed by atoms with Gasteiger partial charge in [0.25, 0.3) is 0 Å². The Labute approximate surface area is 86.2 Å². The lowest BCUT2D eigenvalue weighted by Crippen LogP contribution is -1.93. The van der Waals surface area contributed by atoms with Gasteiger partial charge in [-0.3, -0.25) is 4.79 Å². The van der Waals surface area contributed by atoms with Gasteiger partial charge in [0.05, 0.1) is 0 Å². The van der Waals surface area contributed by atoms with Gasteiger partial charge in [-0.2, -0.15) is 0 Å². The molecule has 1 radical (unpaired) electrons. The van der Waals surface area contributed by atoms with Crippen molar-refractivity contribution < 1.29 is 14.3 Å². The third-order valence-corrected chi connectivity index (χ3v) is 2.47. The summed E-state index contributed by atoms with van der Waals surface area (Å²) >= 11 is 0. The summed E-state index contributed by atoms with van der Waals surface area (Å²) in [6.45, 7) is 0.240. The highest BCUT2D eigenvalue weighted by atomic mass is 16.7. The van der Waals surface area contributed by atoms with Crippen molar-refractivity contribution in [3.8, 4) is 11.5 Å². The monoisotopic (exact) mass is 199 g/mol. The summed E-state index contributed by atoms with van der Waals surface area (Å²) in [5.74, 6) is 1.44. The molecule has 3 rings (SSSR count). The molecule has 1 aliphatic rings. The number of benzene rings is 2. The first kappa shape index (κ1) is 8.29. The number of hydrogen-bond donors (Lipinski definition) is 0. The number of hydrogen-bond acceptors (Lipinski definition) is 3. The van der Waals surface area contributed by atoms with E-state index >= 15 is 0 Å². The fourth-order valence-corrected chi connectivity index (χ4v) is 1.75. The molecular weight excluding hydrogens is 192 g/mol. The van der Waals surface area contributed by atoms with Gasteiger partial charge in [-0.15, -0.1) is 0 Å². The molecule has 3 nitrogen and oxygen atoms in total. The van der Waals surface area contributed by atoms with E-state index in [2.05, 4.69) is 0 Å². The molecule has 0 aromatic heterocycles. The third kappa shape index (κ3) is 1.16. The van der Waals surface area contributed by atoms with Crippen LogP contribution in [0.15, 0.2) is 30.3 Å². The van der Waals surface area contributed by atoms with Gasteiger partial charge in [-0.25, -0.2) is 0 Å². The number of carbonyl (C=O) groups excluding carboxylic acids is 1. The van der Waals surface area contributed by atoms with E-state index in [4.69, 9.17) is 9.47 Å². The Bertz CT molecular complexity index is 546. The van der Waals surface area contributed by atoms with E-state index in [0.29, 0.717) is 11.3 Å². The first-order valence-electron chi connectivity index (χ1n) is 4.59. The zero-order chi connectivity index (χ0) is 10.3. The lowest BCUT2D eigenvalue weighted by molar-refractivity contribution is 0.175. The second-order valence-corrected chi connectivity index (χ2v) is 3.34. The maximum absolute atomic E-state index is 10.6. The molecule has 73 valence electrons. The van der Waals surface area contributed by atoms with Crippen molar-refractivity contribution in [2.75, 3.05) is 6.79 Å². The summed E-state index contributed by atoms with van der Waals surface area (Å²) < 4.78 is 10.6. The van der Waals surface area contributed by atoms with Crippen molar-refractivity contribution in [1.29, 1.82) is 0 Å². The first-order valence-corrected chi connectivity index (χ1v) is 4.59. The van der Waals surface area contributed by atoms with Gasteiger partial charge in [-0.1, -0.05) is 18.2 Å². The minimum Gasteiger partial charge on any atom is -0.454 e. The molecule has 0 saturated carbocycles. The predicted molar refractivity (Wildman–Crippen MR) is 54.9 cm³/mol. The van der Waals surface area contributed by atoms with E-state index < -0.39 is 0 Å². The molecule has 3 heteroatoms. The molecule has 0 N–H and O–H groups in total. The Kier molecular flexibility index (Phi) is 1.65. The summed E-state index contributed by atoms with van der Waals surface area (Å²) in [5, 5.41) is 1.92. The van der Waals surface area contributed by atoms with E-state index in [1.54, 1.807) is 12.1 Å². The third-order valence-electron chi connectivity index (χ3n) is 2.47. The Balaban J connectivity index is 2.37. The molecule has 0 bridgehead atoms. The minimum atomic E-state index is 0.240. The number of fused-ring (bicyclic) bond motifs is 3. The van der Waals surface area contributed by atoms with Crippen LogP contribution >= 0.6 is 0 Å². The highest BCUT2D eigenvalue weighted by Gasteiger charge is 2.16. The Morgan fingerprint density at radius 2 is 2.00 bits per heavy atom. The summed E-state index contributed by atoms with van der Waals surface area (Å²) in [6, 6.07) is 9.18. The summed E-state index contributed by atoms with van der Waals surface area (Å²) in [5.41, 5.74) is 0.520. The molecule has 0 fully saturated rings. The van der Waals surface area contributed by atoms with Crippen molar-refractivity contribution in [2.45, 2.75) is 0 Å². The van der Waals surface area contributed by atoms with Gasteiger partial charge in [0, 0.05) is 10.9 Å². The highest BCUT2D eigenvalue weighted by Crippen LogP contribution is 2.39. The van der Waals surface area contributed by atoms with Gasteiger partial charge >= 0.3 is 0 Å². The van der Waals surface area contributed by atoms with Crippen LogP contribution in [0.2, 0.25) is 0 Å². The van der Waals surface area contributed by atoms with Gasteiger partial charge in [0.2, 0.25) is 13.1 Å². The van der Waals surface area contributed by atoms with Gasteiger partial charge < -0.3 is 9.47 Å². The molecule has 2 aromatic rings. The molecule has 1 aliphatic heterocycles. The lowest BCUT2D eigenvalue weighted by atomic mass is 10.1. The zero-order valence-corrected chi connectivity index (χ0v) is 7.82. The fourth-order valence-electron chi connectivity index (χ4n) is 1.75. The summed E-state index contributed by atoms with van der Waals surface area (Å²) in [4.78, 5) is 10.6. The molecule has 15 heavy (non-hydrogen) atoms. The van der Waals surface area contributed by atoms with E-state index in [9.17, 15) is 4.79 Å². The van der Waals surface area contributed by atoms with E-state index in [-0.39, 0.29) is 6.79 Å². The van der Waals surface area contributed by atoms with Crippen LogP contribution in [-0.2, 0) is 4.79 Å². The minimum absolute atomic E-state index is 0.240. The maximum atomic E-state index is 10.6. The second-order valence-electron chi connectivity index (χ2n) is 3.34. The van der Waals surface area contributed by atoms with Crippen LogP contribution < -0.4 is 9.47 Å². The Hall–Kier alpha value is -2.03. The molecule has 1 heterocycles. The average Bonchev–Trinajstić information content (AvgIpc) is 2.76. The van der Waals surface area contributed by atoms with Gasteiger partial charge in [0.1, 0.15) is 0 Å². The molecule has 0 atom stereocenters. The molecule has 0 aliphatic carbocycles. The van der Waals surface area contributed by atoms with Crippen molar-refractivity contribution in [3.63, 3.8) is 0 Å². The van der Waals surface area contributed by atoms with E-state index in [0.717, 1.165) is 16.5 Å². The zero-order valence-electron chi connectivity index (χ0n) is 7.82.